The van der Waals surface area contributed by atoms with E-state index < -0.39 is 15.6 Å². The molecular formula is C16H21Cl2NO3S. The van der Waals surface area contributed by atoms with Crippen molar-refractivity contribution in [2.75, 3.05) is 5.75 Å². The normalized spacial score (nSPS) is 22.2. The van der Waals surface area contributed by atoms with Gasteiger partial charge in [0.25, 0.3) is 0 Å². The van der Waals surface area contributed by atoms with Crippen molar-refractivity contribution in [1.82, 2.24) is 4.90 Å². The quantitative estimate of drug-likeness (QED) is 0.803. The molecule has 4 nitrogen and oxygen atoms in total. The number of rotatable bonds is 4. The molecule has 1 heterocycles. The van der Waals surface area contributed by atoms with Crippen LogP contribution in [0.2, 0.25) is 10.0 Å². The van der Waals surface area contributed by atoms with Crippen molar-refractivity contribution in [2.45, 2.75) is 50.9 Å². The first-order valence-electron chi connectivity index (χ1n) is 7.65. The van der Waals surface area contributed by atoms with Crippen molar-refractivity contribution in [1.29, 1.82) is 0 Å². The highest BCUT2D eigenvalue weighted by Gasteiger charge is 2.31. The molecule has 1 aliphatic heterocycles. The molecule has 128 valence electrons. The maximum atomic E-state index is 12.5. The van der Waals surface area contributed by atoms with Gasteiger partial charge in [0.2, 0.25) is 5.91 Å². The van der Waals surface area contributed by atoms with Gasteiger partial charge in [-0.25, -0.2) is 8.42 Å². The molecule has 23 heavy (non-hydrogen) atoms. The zero-order valence-electron chi connectivity index (χ0n) is 13.3. The van der Waals surface area contributed by atoms with E-state index in [1.807, 2.05) is 13.8 Å². The second-order valence-electron chi connectivity index (χ2n) is 6.20. The molecule has 7 heteroatoms. The average molecular weight is 378 g/mol. The van der Waals surface area contributed by atoms with Crippen molar-refractivity contribution in [2.24, 2.45) is 0 Å². The number of sulfone groups is 1. The second kappa shape index (κ2) is 7.41. The number of piperidine rings is 1. The summed E-state index contributed by atoms with van der Waals surface area (Å²) in [6.45, 7) is 3.94. The summed E-state index contributed by atoms with van der Waals surface area (Å²) in [4.78, 5) is 14.2. The fourth-order valence-corrected chi connectivity index (χ4v) is 5.01. The summed E-state index contributed by atoms with van der Waals surface area (Å²) in [5.41, 5.74) is 0.462. The van der Waals surface area contributed by atoms with Crippen LogP contribution in [0.1, 0.15) is 38.7 Å². The maximum Gasteiger partial charge on any atom is 0.238 e. The molecule has 1 saturated heterocycles. The van der Waals surface area contributed by atoms with Crippen LogP contribution in [0.15, 0.2) is 18.2 Å². The zero-order chi connectivity index (χ0) is 17.2. The molecule has 0 spiro atoms. The van der Waals surface area contributed by atoms with Gasteiger partial charge in [-0.3, -0.25) is 4.79 Å². The number of hydrogen-bond acceptors (Lipinski definition) is 3. The Balaban J connectivity index is 2.09. The summed E-state index contributed by atoms with van der Waals surface area (Å²) in [6, 6.07) is 4.85. The number of benzene rings is 1. The summed E-state index contributed by atoms with van der Waals surface area (Å²) in [5.74, 6) is -1.07. The van der Waals surface area contributed by atoms with Gasteiger partial charge in [-0.2, -0.15) is 0 Å². The summed E-state index contributed by atoms with van der Waals surface area (Å²) >= 11 is 11.8. The number of nitrogens with zero attached hydrogens (tertiary/aromatic N) is 1. The van der Waals surface area contributed by atoms with E-state index in [1.54, 1.807) is 17.0 Å². The molecule has 1 aromatic rings. The first-order valence-corrected chi connectivity index (χ1v) is 10.2. The number of likely N-dealkylation sites (tertiary alicyclic amines) is 1. The first-order chi connectivity index (χ1) is 10.7. The first kappa shape index (κ1) is 18.6. The molecule has 2 rings (SSSR count). The van der Waals surface area contributed by atoms with E-state index >= 15 is 0 Å². The predicted octanol–water partition coefficient (Wildman–Crippen LogP) is 3.70. The van der Waals surface area contributed by atoms with Crippen LogP contribution >= 0.6 is 23.2 Å². The molecule has 0 radical (unpaired) electrons. The Hall–Kier alpha value is -0.780. The molecule has 0 bridgehead atoms. The zero-order valence-corrected chi connectivity index (χ0v) is 15.6. The Labute approximate surface area is 147 Å². The van der Waals surface area contributed by atoms with Gasteiger partial charge >= 0.3 is 0 Å². The fraction of sp³-hybridized carbons (Fsp3) is 0.562. The van der Waals surface area contributed by atoms with Crippen LogP contribution in [0, 0.1) is 0 Å². The Morgan fingerprint density at radius 1 is 1.22 bits per heavy atom. The summed E-state index contributed by atoms with van der Waals surface area (Å²) in [5, 5.41) is 0.747. The molecule has 1 aliphatic rings. The van der Waals surface area contributed by atoms with Crippen LogP contribution < -0.4 is 0 Å². The molecule has 2 atom stereocenters. The van der Waals surface area contributed by atoms with E-state index in [-0.39, 0.29) is 23.7 Å². The van der Waals surface area contributed by atoms with E-state index in [1.165, 1.54) is 6.07 Å². The molecular weight excluding hydrogens is 357 g/mol. The lowest BCUT2D eigenvalue weighted by Crippen LogP contribution is -2.49. The van der Waals surface area contributed by atoms with Crippen molar-refractivity contribution >= 4 is 38.9 Å². The highest BCUT2D eigenvalue weighted by molar-refractivity contribution is 7.91. The van der Waals surface area contributed by atoms with Crippen molar-refractivity contribution in [3.8, 4) is 0 Å². The number of carbonyl (C=O) groups excluding carboxylic acids is 1. The molecule has 1 fully saturated rings. The monoisotopic (exact) mass is 377 g/mol. The Bertz CT molecular complexity index is 681. The third-order valence-electron chi connectivity index (χ3n) is 4.22. The topological polar surface area (TPSA) is 54.5 Å². The number of carbonyl (C=O) groups is 1. The number of halogens is 2. The van der Waals surface area contributed by atoms with Crippen LogP contribution in [0.5, 0.6) is 0 Å². The lowest BCUT2D eigenvalue weighted by Gasteiger charge is -2.39. The molecule has 0 aliphatic carbocycles. The summed E-state index contributed by atoms with van der Waals surface area (Å²) in [6.07, 6.45) is 2.90. The summed E-state index contributed by atoms with van der Waals surface area (Å²) < 4.78 is 24.7. The lowest BCUT2D eigenvalue weighted by molar-refractivity contribution is -0.134. The minimum atomic E-state index is -3.58. The maximum absolute atomic E-state index is 12.5. The van der Waals surface area contributed by atoms with Crippen LogP contribution in [-0.2, 0) is 20.4 Å². The highest BCUT2D eigenvalue weighted by Crippen LogP contribution is 2.25. The van der Waals surface area contributed by atoms with Crippen LogP contribution in [0.4, 0.5) is 0 Å². The Morgan fingerprint density at radius 2 is 1.83 bits per heavy atom. The number of amides is 1. The number of hydrogen-bond donors (Lipinski definition) is 0. The van der Waals surface area contributed by atoms with Gasteiger partial charge in [-0.15, -0.1) is 0 Å². The SMILES string of the molecule is CC1CCCC(C)N1C(=O)CS(=O)(=O)Cc1ccc(Cl)cc1Cl. The average Bonchev–Trinajstić information content (AvgIpc) is 2.41. The van der Waals surface area contributed by atoms with Gasteiger partial charge in [0.15, 0.2) is 9.84 Å². The van der Waals surface area contributed by atoms with Gasteiger partial charge in [-0.1, -0.05) is 29.3 Å². The Morgan fingerprint density at radius 3 is 2.39 bits per heavy atom. The van der Waals surface area contributed by atoms with Gasteiger partial charge in [-0.05, 0) is 50.8 Å². The molecule has 0 aromatic heterocycles. The van der Waals surface area contributed by atoms with Gasteiger partial charge in [0, 0.05) is 22.1 Å². The van der Waals surface area contributed by atoms with Crippen molar-refractivity contribution in [3.05, 3.63) is 33.8 Å². The van der Waals surface area contributed by atoms with Gasteiger partial charge < -0.3 is 4.90 Å². The fourth-order valence-electron chi connectivity index (χ4n) is 3.10. The largest absolute Gasteiger partial charge is 0.336 e. The summed E-state index contributed by atoms with van der Waals surface area (Å²) in [7, 11) is -3.58. The van der Waals surface area contributed by atoms with E-state index in [0.29, 0.717) is 15.6 Å². The minimum Gasteiger partial charge on any atom is -0.336 e. The predicted molar refractivity (Wildman–Crippen MR) is 93.6 cm³/mol. The van der Waals surface area contributed by atoms with E-state index in [2.05, 4.69) is 0 Å². The lowest BCUT2D eigenvalue weighted by atomic mass is 9.98. The molecule has 2 unspecified atom stereocenters. The smallest absolute Gasteiger partial charge is 0.238 e. The third-order valence-corrected chi connectivity index (χ3v) is 6.24. The second-order valence-corrected chi connectivity index (χ2v) is 9.11. The highest BCUT2D eigenvalue weighted by atomic mass is 35.5. The molecule has 0 N–H and O–H groups in total. The molecule has 0 saturated carbocycles. The van der Waals surface area contributed by atoms with Crippen LogP contribution in [0.3, 0.4) is 0 Å². The van der Waals surface area contributed by atoms with E-state index in [9.17, 15) is 13.2 Å². The van der Waals surface area contributed by atoms with Crippen molar-refractivity contribution < 1.29 is 13.2 Å². The molecule has 1 amide bonds. The molecule has 1 aromatic carbocycles. The van der Waals surface area contributed by atoms with Crippen LogP contribution in [0.25, 0.3) is 0 Å². The van der Waals surface area contributed by atoms with Crippen molar-refractivity contribution in [3.63, 3.8) is 0 Å². The van der Waals surface area contributed by atoms with Gasteiger partial charge in [0.1, 0.15) is 5.75 Å². The van der Waals surface area contributed by atoms with E-state index in [4.69, 9.17) is 23.2 Å². The Kier molecular flexibility index (Phi) is 5.98. The van der Waals surface area contributed by atoms with Gasteiger partial charge in [0.05, 0.1) is 5.75 Å². The third kappa shape index (κ3) is 4.85. The van der Waals surface area contributed by atoms with E-state index in [0.717, 1.165) is 19.3 Å². The minimum absolute atomic E-state index is 0.0839. The standard InChI is InChI=1S/C16H21Cl2NO3S/c1-11-4-3-5-12(2)19(11)16(20)10-23(21,22)9-13-6-7-14(17)8-15(13)18/h6-8,11-12H,3-5,9-10H2,1-2H3. The van der Waals surface area contributed by atoms with Crippen LogP contribution in [-0.4, -0.2) is 37.1 Å².